The van der Waals surface area contributed by atoms with E-state index in [4.69, 9.17) is 11.6 Å². The van der Waals surface area contributed by atoms with Crippen molar-refractivity contribution in [3.8, 4) is 0 Å². The van der Waals surface area contributed by atoms with Crippen LogP contribution in [0.3, 0.4) is 0 Å². The van der Waals surface area contributed by atoms with Crippen molar-refractivity contribution in [1.29, 1.82) is 0 Å². The first-order valence-electron chi connectivity index (χ1n) is 10.6. The van der Waals surface area contributed by atoms with Crippen molar-refractivity contribution >= 4 is 22.9 Å². The second kappa shape index (κ2) is 8.01. The number of nitrogens with zero attached hydrogens (tertiary/aromatic N) is 1. The average molecular weight is 429 g/mol. The maximum atomic E-state index is 6.90. The molecule has 4 rings (SSSR count). The third-order valence-corrected chi connectivity index (χ3v) is 6.78. The van der Waals surface area contributed by atoms with Crippen LogP contribution in [0.4, 0.5) is 5.69 Å². The molecule has 0 spiro atoms. The lowest BCUT2D eigenvalue weighted by atomic mass is 9.98. The molecule has 3 heteroatoms. The van der Waals surface area contributed by atoms with Crippen LogP contribution in [0.2, 0.25) is 0 Å². The fourth-order valence-corrected chi connectivity index (χ4v) is 4.93. The highest BCUT2D eigenvalue weighted by molar-refractivity contribution is 6.27. The molecule has 1 fully saturated rings. The Balaban J connectivity index is 1.55. The minimum atomic E-state index is -0.333. The van der Waals surface area contributed by atoms with Crippen LogP contribution in [0.25, 0.3) is 5.57 Å². The van der Waals surface area contributed by atoms with E-state index in [1.807, 2.05) is 19.2 Å². The summed E-state index contributed by atoms with van der Waals surface area (Å²) in [5.41, 5.74) is 9.63. The van der Waals surface area contributed by atoms with Gasteiger partial charge >= 0.3 is 0 Å². The lowest BCUT2D eigenvalue weighted by Gasteiger charge is -2.15. The number of aromatic nitrogens is 1. The first-order valence-corrected chi connectivity index (χ1v) is 11.0. The monoisotopic (exact) mass is 428 g/mol. The quantitative estimate of drug-likeness (QED) is 0.413. The summed E-state index contributed by atoms with van der Waals surface area (Å²) in [6.45, 7) is 17.0. The van der Waals surface area contributed by atoms with Crippen LogP contribution in [0.5, 0.6) is 0 Å². The van der Waals surface area contributed by atoms with E-state index in [9.17, 15) is 0 Å². The summed E-state index contributed by atoms with van der Waals surface area (Å²) in [5, 5.41) is 3.52. The highest BCUT2D eigenvalue weighted by Crippen LogP contribution is 2.64. The molecule has 1 aromatic heterocycles. The van der Waals surface area contributed by atoms with Gasteiger partial charge in [-0.15, -0.1) is 11.6 Å². The summed E-state index contributed by atoms with van der Waals surface area (Å²) < 4.78 is 0. The van der Waals surface area contributed by atoms with Gasteiger partial charge in [0.05, 0.1) is 10.6 Å². The summed E-state index contributed by atoms with van der Waals surface area (Å²) in [5.74, 6) is 0.424. The molecule has 1 heterocycles. The number of hydrogen-bond donors (Lipinski definition) is 1. The summed E-state index contributed by atoms with van der Waals surface area (Å²) in [6, 6.07) is 19.0. The van der Waals surface area contributed by atoms with Gasteiger partial charge in [0, 0.05) is 35.0 Å². The predicted octanol–water partition coefficient (Wildman–Crippen LogP) is 7.41. The molecule has 0 amide bonds. The lowest BCUT2D eigenvalue weighted by Crippen LogP contribution is -2.06. The second-order valence-corrected chi connectivity index (χ2v) is 9.71. The number of pyridine rings is 1. The fraction of sp³-hybridized carbons (Fsp3) is 0.250. The number of rotatable bonds is 6. The van der Waals surface area contributed by atoms with E-state index in [0.717, 1.165) is 39.3 Å². The molecule has 3 aromatic rings. The Hall–Kier alpha value is -2.84. The summed E-state index contributed by atoms with van der Waals surface area (Å²) in [6.07, 6.45) is 1.87. The van der Waals surface area contributed by atoms with Crippen LogP contribution >= 0.6 is 11.6 Å². The Morgan fingerprint density at radius 2 is 1.77 bits per heavy atom. The van der Waals surface area contributed by atoms with Crippen molar-refractivity contribution in [2.75, 3.05) is 5.32 Å². The summed E-state index contributed by atoms with van der Waals surface area (Å²) >= 11 is 6.90. The van der Waals surface area contributed by atoms with Gasteiger partial charge in [-0.3, -0.25) is 4.98 Å². The number of allylic oxidation sites excluding steroid dienone is 1. The Morgan fingerprint density at radius 3 is 2.45 bits per heavy atom. The zero-order valence-corrected chi connectivity index (χ0v) is 19.4. The van der Waals surface area contributed by atoms with Gasteiger partial charge in [0.1, 0.15) is 0 Å². The first kappa shape index (κ1) is 21.4. The average Bonchev–Trinajstić information content (AvgIpc) is 3.31. The summed E-state index contributed by atoms with van der Waals surface area (Å²) in [7, 11) is 0. The topological polar surface area (TPSA) is 24.9 Å². The molecule has 3 atom stereocenters. The van der Waals surface area contributed by atoms with Gasteiger partial charge in [-0.1, -0.05) is 55.1 Å². The molecular formula is C28H29ClN2. The molecule has 3 unspecified atom stereocenters. The second-order valence-electron chi connectivity index (χ2n) is 8.90. The van der Waals surface area contributed by atoms with E-state index in [0.29, 0.717) is 0 Å². The Labute approximate surface area is 190 Å². The van der Waals surface area contributed by atoms with Gasteiger partial charge in [-0.05, 0) is 68.1 Å². The molecule has 2 nitrogen and oxygen atoms in total. The van der Waals surface area contributed by atoms with Gasteiger partial charge in [0.25, 0.3) is 0 Å². The highest BCUT2D eigenvalue weighted by Gasteiger charge is 2.62. The number of nitrogens with one attached hydrogen (secondary N) is 1. The molecule has 0 aliphatic heterocycles. The molecule has 1 aliphatic carbocycles. The maximum Gasteiger partial charge on any atom is 0.0702 e. The Bertz CT molecular complexity index is 1160. The molecule has 0 radical (unpaired) electrons. The zero-order valence-electron chi connectivity index (χ0n) is 18.7. The summed E-state index contributed by atoms with van der Waals surface area (Å²) in [4.78, 5) is 4.21. The van der Waals surface area contributed by atoms with E-state index in [2.05, 4.69) is 92.8 Å². The predicted molar refractivity (Wildman–Crippen MR) is 133 cm³/mol. The third kappa shape index (κ3) is 4.18. The van der Waals surface area contributed by atoms with Crippen molar-refractivity contribution < 1.29 is 0 Å². The molecule has 2 aromatic carbocycles. The molecule has 0 bridgehead atoms. The molecule has 1 N–H and O–H groups in total. The van der Waals surface area contributed by atoms with Gasteiger partial charge in [0.2, 0.25) is 0 Å². The number of alkyl halides is 1. The van der Waals surface area contributed by atoms with Crippen molar-refractivity contribution in [3.05, 3.63) is 113 Å². The SMILES string of the molecule is C=C(c1ccc(C)cn1)c1cc(NC(=C)C2C(c3cccc(C)c3)C2(C)Cl)ccc1C. The highest BCUT2D eigenvalue weighted by atomic mass is 35.5. The minimum Gasteiger partial charge on any atom is -0.359 e. The van der Waals surface area contributed by atoms with Gasteiger partial charge in [-0.2, -0.15) is 0 Å². The van der Waals surface area contributed by atoms with Gasteiger partial charge in [0.15, 0.2) is 0 Å². The smallest absolute Gasteiger partial charge is 0.0702 e. The van der Waals surface area contributed by atoms with E-state index in [1.54, 1.807) is 0 Å². The standard InChI is InChI=1S/C28H29ClN2/c1-17-8-7-9-22(14-17)27-26(28(27,6)29)21(5)31-23-12-11-19(3)24(15-23)20(4)25-13-10-18(2)16-30-25/h7-16,26-27,31H,4-5H2,1-3,6H3. The van der Waals surface area contributed by atoms with E-state index in [-0.39, 0.29) is 16.7 Å². The normalized spacial score (nSPS) is 22.1. The van der Waals surface area contributed by atoms with Crippen molar-refractivity contribution in [2.24, 2.45) is 5.92 Å². The molecular weight excluding hydrogens is 400 g/mol. The van der Waals surface area contributed by atoms with Crippen molar-refractivity contribution in [2.45, 2.75) is 38.5 Å². The molecule has 1 aliphatic rings. The van der Waals surface area contributed by atoms with E-state index in [1.165, 1.54) is 11.1 Å². The number of anilines is 1. The van der Waals surface area contributed by atoms with Crippen LogP contribution in [-0.2, 0) is 0 Å². The van der Waals surface area contributed by atoms with Crippen LogP contribution in [0, 0.1) is 26.7 Å². The molecule has 158 valence electrons. The van der Waals surface area contributed by atoms with Crippen molar-refractivity contribution in [1.82, 2.24) is 4.98 Å². The number of benzene rings is 2. The lowest BCUT2D eigenvalue weighted by molar-refractivity contribution is 0.898. The van der Waals surface area contributed by atoms with E-state index < -0.39 is 0 Å². The molecule has 31 heavy (non-hydrogen) atoms. The minimum absolute atomic E-state index is 0.169. The van der Waals surface area contributed by atoms with Gasteiger partial charge in [-0.25, -0.2) is 0 Å². The third-order valence-electron chi connectivity index (χ3n) is 6.31. The van der Waals surface area contributed by atoms with Crippen LogP contribution < -0.4 is 5.32 Å². The van der Waals surface area contributed by atoms with Crippen LogP contribution in [-0.4, -0.2) is 9.86 Å². The molecule has 1 saturated carbocycles. The number of halogens is 1. The largest absolute Gasteiger partial charge is 0.359 e. The first-order chi connectivity index (χ1) is 14.7. The maximum absolute atomic E-state index is 6.90. The van der Waals surface area contributed by atoms with Crippen LogP contribution in [0.15, 0.2) is 79.6 Å². The molecule has 0 saturated heterocycles. The Kier molecular flexibility index (Phi) is 5.53. The zero-order chi connectivity index (χ0) is 22.3. The van der Waals surface area contributed by atoms with E-state index >= 15 is 0 Å². The van der Waals surface area contributed by atoms with Crippen LogP contribution in [0.1, 0.15) is 46.4 Å². The Morgan fingerprint density at radius 1 is 1.00 bits per heavy atom. The van der Waals surface area contributed by atoms with Crippen molar-refractivity contribution in [3.63, 3.8) is 0 Å². The van der Waals surface area contributed by atoms with Gasteiger partial charge < -0.3 is 5.32 Å². The fourth-order valence-electron chi connectivity index (χ4n) is 4.48. The number of aryl methyl sites for hydroxylation is 3. The number of hydrogen-bond acceptors (Lipinski definition) is 2.